The van der Waals surface area contributed by atoms with Crippen LogP contribution in [0.15, 0.2) is 22.7 Å². The summed E-state index contributed by atoms with van der Waals surface area (Å²) >= 11 is 9.47. The van der Waals surface area contributed by atoms with E-state index < -0.39 is 0 Å². The summed E-state index contributed by atoms with van der Waals surface area (Å²) in [6.07, 6.45) is 2.64. The van der Waals surface area contributed by atoms with Crippen LogP contribution in [0.5, 0.6) is 0 Å². The fourth-order valence-corrected chi connectivity index (χ4v) is 3.03. The van der Waals surface area contributed by atoms with E-state index in [0.717, 1.165) is 15.4 Å². The molecule has 2 rings (SSSR count). The Balaban J connectivity index is 2.01. The summed E-state index contributed by atoms with van der Waals surface area (Å²) in [6, 6.07) is 6.01. The van der Waals surface area contributed by atoms with Crippen LogP contribution < -0.4 is 4.90 Å². The topological polar surface area (TPSA) is 3.24 Å². The molecule has 1 nitrogen and oxygen atoms in total. The molecule has 1 aliphatic rings. The molecule has 0 saturated carbocycles. The average Bonchev–Trinajstić information content (AvgIpc) is 2.12. The van der Waals surface area contributed by atoms with E-state index in [9.17, 15) is 0 Å². The molecule has 1 aromatic carbocycles. The molecule has 1 fully saturated rings. The summed E-state index contributed by atoms with van der Waals surface area (Å²) in [5.74, 6) is 0.887. The minimum absolute atomic E-state index is 0.788. The molecular weight excluding hydrogens is 273 g/mol. The summed E-state index contributed by atoms with van der Waals surface area (Å²) in [7, 11) is 0. The third kappa shape index (κ3) is 2.48. The van der Waals surface area contributed by atoms with Gasteiger partial charge in [0, 0.05) is 22.6 Å². The van der Waals surface area contributed by atoms with Crippen molar-refractivity contribution >= 4 is 33.2 Å². The minimum Gasteiger partial charge on any atom is -0.370 e. The van der Waals surface area contributed by atoms with Crippen LogP contribution in [0.25, 0.3) is 0 Å². The van der Waals surface area contributed by atoms with Crippen molar-refractivity contribution in [2.24, 2.45) is 5.92 Å². The summed E-state index contributed by atoms with van der Waals surface area (Å²) in [5.41, 5.74) is 1.27. The molecule has 1 saturated heterocycles. The van der Waals surface area contributed by atoms with Gasteiger partial charge in [-0.1, -0.05) is 24.9 Å². The number of anilines is 1. The maximum Gasteiger partial charge on any atom is 0.0511 e. The number of hydrogen-bond donors (Lipinski definition) is 0. The van der Waals surface area contributed by atoms with E-state index in [2.05, 4.69) is 33.8 Å². The normalized spacial score (nSPS) is 16.6. The van der Waals surface area contributed by atoms with Gasteiger partial charge >= 0.3 is 0 Å². The van der Waals surface area contributed by atoms with Gasteiger partial charge in [0.1, 0.15) is 0 Å². The van der Waals surface area contributed by atoms with Crippen molar-refractivity contribution < 1.29 is 0 Å². The average molecular weight is 289 g/mol. The van der Waals surface area contributed by atoms with Gasteiger partial charge in [-0.2, -0.15) is 0 Å². The maximum atomic E-state index is 5.91. The molecule has 1 aliphatic heterocycles. The Morgan fingerprint density at radius 1 is 1.47 bits per heavy atom. The standard InChI is InChI=1S/C12H15BrClN/c1-2-3-9-7-15(8-9)12-5-4-10(14)6-11(12)13/h4-6,9H,2-3,7-8H2,1H3. The van der Waals surface area contributed by atoms with E-state index in [0.29, 0.717) is 0 Å². The minimum atomic E-state index is 0.788. The zero-order chi connectivity index (χ0) is 10.8. The fraction of sp³-hybridized carbons (Fsp3) is 0.500. The molecule has 0 spiro atoms. The fourth-order valence-electron chi connectivity index (χ4n) is 2.10. The van der Waals surface area contributed by atoms with Crippen LogP contribution in [0.2, 0.25) is 5.02 Å². The molecule has 0 atom stereocenters. The first kappa shape index (κ1) is 11.3. The third-order valence-electron chi connectivity index (χ3n) is 2.90. The van der Waals surface area contributed by atoms with Gasteiger partial charge in [0.2, 0.25) is 0 Å². The quantitative estimate of drug-likeness (QED) is 0.800. The van der Waals surface area contributed by atoms with Crippen molar-refractivity contribution in [3.8, 4) is 0 Å². The van der Waals surface area contributed by atoms with E-state index in [4.69, 9.17) is 11.6 Å². The lowest BCUT2D eigenvalue weighted by Crippen LogP contribution is -2.46. The van der Waals surface area contributed by atoms with Gasteiger partial charge in [0.05, 0.1) is 5.69 Å². The maximum absolute atomic E-state index is 5.91. The number of nitrogens with zero attached hydrogens (tertiary/aromatic N) is 1. The zero-order valence-electron chi connectivity index (χ0n) is 8.84. The van der Waals surface area contributed by atoms with Crippen LogP contribution in [0.1, 0.15) is 19.8 Å². The molecule has 0 unspecified atom stereocenters. The summed E-state index contributed by atoms with van der Waals surface area (Å²) < 4.78 is 1.10. The van der Waals surface area contributed by atoms with E-state index in [-0.39, 0.29) is 0 Å². The highest BCUT2D eigenvalue weighted by Crippen LogP contribution is 2.34. The van der Waals surface area contributed by atoms with Gasteiger partial charge in [-0.3, -0.25) is 0 Å². The number of rotatable bonds is 3. The summed E-state index contributed by atoms with van der Waals surface area (Å²) in [6.45, 7) is 4.63. The lowest BCUT2D eigenvalue weighted by Gasteiger charge is -2.41. The second kappa shape index (κ2) is 4.75. The summed E-state index contributed by atoms with van der Waals surface area (Å²) in [4.78, 5) is 2.40. The lowest BCUT2D eigenvalue weighted by atomic mass is 9.94. The Morgan fingerprint density at radius 2 is 2.20 bits per heavy atom. The summed E-state index contributed by atoms with van der Waals surface area (Å²) in [5, 5.41) is 0.788. The van der Waals surface area contributed by atoms with Crippen LogP contribution in [0.3, 0.4) is 0 Å². The van der Waals surface area contributed by atoms with Gasteiger partial charge in [-0.25, -0.2) is 0 Å². The molecule has 3 heteroatoms. The van der Waals surface area contributed by atoms with Gasteiger partial charge in [-0.05, 0) is 46.5 Å². The van der Waals surface area contributed by atoms with Crippen LogP contribution in [-0.2, 0) is 0 Å². The Bertz CT molecular complexity index is 347. The predicted octanol–water partition coefficient (Wildman–Crippen LogP) is 4.34. The van der Waals surface area contributed by atoms with Crippen molar-refractivity contribution in [3.63, 3.8) is 0 Å². The largest absolute Gasteiger partial charge is 0.370 e. The van der Waals surface area contributed by atoms with Gasteiger partial charge in [-0.15, -0.1) is 0 Å². The van der Waals surface area contributed by atoms with Crippen LogP contribution in [0, 0.1) is 5.92 Å². The molecule has 1 aromatic rings. The number of halogens is 2. The number of benzene rings is 1. The molecule has 0 N–H and O–H groups in total. The zero-order valence-corrected chi connectivity index (χ0v) is 11.2. The van der Waals surface area contributed by atoms with Crippen LogP contribution in [-0.4, -0.2) is 13.1 Å². The first-order valence-corrected chi connectivity index (χ1v) is 6.57. The molecule has 1 heterocycles. The molecule has 0 amide bonds. The molecule has 0 aliphatic carbocycles. The predicted molar refractivity (Wildman–Crippen MR) is 69.8 cm³/mol. The number of hydrogen-bond acceptors (Lipinski definition) is 1. The lowest BCUT2D eigenvalue weighted by molar-refractivity contribution is 0.380. The van der Waals surface area contributed by atoms with Crippen molar-refractivity contribution in [2.45, 2.75) is 19.8 Å². The Hall–Kier alpha value is -0.210. The smallest absolute Gasteiger partial charge is 0.0511 e. The monoisotopic (exact) mass is 287 g/mol. The van der Waals surface area contributed by atoms with Crippen LogP contribution >= 0.6 is 27.5 Å². The highest BCUT2D eigenvalue weighted by Gasteiger charge is 2.26. The second-order valence-electron chi connectivity index (χ2n) is 4.16. The van der Waals surface area contributed by atoms with E-state index >= 15 is 0 Å². The van der Waals surface area contributed by atoms with E-state index in [1.54, 1.807) is 0 Å². The first-order chi connectivity index (χ1) is 7.20. The molecule has 0 bridgehead atoms. The van der Waals surface area contributed by atoms with E-state index in [1.807, 2.05) is 12.1 Å². The van der Waals surface area contributed by atoms with E-state index in [1.165, 1.54) is 31.6 Å². The molecule has 15 heavy (non-hydrogen) atoms. The Morgan fingerprint density at radius 3 is 2.80 bits per heavy atom. The van der Waals surface area contributed by atoms with Gasteiger partial charge in [0.15, 0.2) is 0 Å². The third-order valence-corrected chi connectivity index (χ3v) is 3.77. The van der Waals surface area contributed by atoms with Crippen molar-refractivity contribution in [3.05, 3.63) is 27.7 Å². The molecule has 0 aromatic heterocycles. The highest BCUT2D eigenvalue weighted by atomic mass is 79.9. The van der Waals surface area contributed by atoms with Crippen molar-refractivity contribution in [1.82, 2.24) is 0 Å². The van der Waals surface area contributed by atoms with Crippen molar-refractivity contribution in [1.29, 1.82) is 0 Å². The second-order valence-corrected chi connectivity index (χ2v) is 5.45. The molecule has 0 radical (unpaired) electrons. The Kier molecular flexibility index (Phi) is 3.57. The van der Waals surface area contributed by atoms with Crippen LogP contribution in [0.4, 0.5) is 5.69 Å². The SMILES string of the molecule is CCCC1CN(c2ccc(Cl)cc2Br)C1. The first-order valence-electron chi connectivity index (χ1n) is 5.40. The highest BCUT2D eigenvalue weighted by molar-refractivity contribution is 9.10. The Labute approximate surface area is 105 Å². The van der Waals surface area contributed by atoms with Crippen molar-refractivity contribution in [2.75, 3.05) is 18.0 Å². The van der Waals surface area contributed by atoms with Gasteiger partial charge in [0.25, 0.3) is 0 Å². The van der Waals surface area contributed by atoms with Gasteiger partial charge < -0.3 is 4.90 Å². The molecule has 82 valence electrons. The molecular formula is C12H15BrClN.